The fraction of sp³-hybridized carbons (Fsp3) is 0.941. The summed E-state index contributed by atoms with van der Waals surface area (Å²) < 4.78 is 0. The van der Waals surface area contributed by atoms with Gasteiger partial charge in [-0.05, 0) is 58.4 Å². The van der Waals surface area contributed by atoms with E-state index >= 15 is 0 Å². The Balaban J connectivity index is 2.07. The fourth-order valence-electron chi connectivity index (χ4n) is 3.79. The van der Waals surface area contributed by atoms with Gasteiger partial charge in [-0.2, -0.15) is 5.26 Å². The van der Waals surface area contributed by atoms with Gasteiger partial charge >= 0.3 is 0 Å². The highest BCUT2D eigenvalue weighted by Crippen LogP contribution is 2.41. The van der Waals surface area contributed by atoms with Gasteiger partial charge in [0, 0.05) is 18.6 Å². The van der Waals surface area contributed by atoms with E-state index in [2.05, 4.69) is 37.1 Å². The van der Waals surface area contributed by atoms with Gasteiger partial charge in [0.25, 0.3) is 0 Å². The van der Waals surface area contributed by atoms with Gasteiger partial charge in [-0.15, -0.1) is 0 Å². The Hall–Kier alpha value is -0.590. The number of hydrogen-bond donors (Lipinski definition) is 1. The topological polar surface area (TPSA) is 39.1 Å². The maximum Gasteiger partial charge on any atom is 0.122 e. The van der Waals surface area contributed by atoms with Crippen LogP contribution in [0.3, 0.4) is 0 Å². The predicted molar refractivity (Wildman–Crippen MR) is 83.5 cm³/mol. The molecule has 0 aromatic rings. The molecule has 0 spiro atoms. The lowest BCUT2D eigenvalue weighted by molar-refractivity contribution is 0.100. The van der Waals surface area contributed by atoms with Crippen LogP contribution in [0.2, 0.25) is 0 Å². The molecule has 2 fully saturated rings. The summed E-state index contributed by atoms with van der Waals surface area (Å²) in [5.74, 6) is 0.569. The van der Waals surface area contributed by atoms with Crippen LogP contribution in [0.5, 0.6) is 0 Å². The molecule has 1 aliphatic heterocycles. The van der Waals surface area contributed by atoms with Crippen LogP contribution < -0.4 is 5.32 Å². The lowest BCUT2D eigenvalue weighted by Crippen LogP contribution is -2.59. The molecule has 2 unspecified atom stereocenters. The van der Waals surface area contributed by atoms with Gasteiger partial charge in [0.1, 0.15) is 5.54 Å². The van der Waals surface area contributed by atoms with Crippen LogP contribution in [0.25, 0.3) is 0 Å². The summed E-state index contributed by atoms with van der Waals surface area (Å²) in [6, 6.07) is 3.75. The first-order valence-corrected chi connectivity index (χ1v) is 8.54. The average Bonchev–Trinajstić information content (AvgIpc) is 3.24. The lowest BCUT2D eigenvalue weighted by atomic mass is 9.89. The zero-order valence-corrected chi connectivity index (χ0v) is 13.5. The third-order valence-corrected chi connectivity index (χ3v) is 4.84. The van der Waals surface area contributed by atoms with E-state index in [1.54, 1.807) is 0 Å². The molecule has 3 nitrogen and oxygen atoms in total. The minimum Gasteiger partial charge on any atom is -0.297 e. The monoisotopic (exact) mass is 277 g/mol. The Morgan fingerprint density at radius 3 is 2.60 bits per heavy atom. The summed E-state index contributed by atoms with van der Waals surface area (Å²) in [4.78, 5) is 2.62. The number of nitriles is 1. The quantitative estimate of drug-likeness (QED) is 0.776. The van der Waals surface area contributed by atoms with Gasteiger partial charge in [-0.3, -0.25) is 10.2 Å². The van der Waals surface area contributed by atoms with Crippen LogP contribution >= 0.6 is 0 Å². The molecular weight excluding hydrogens is 246 g/mol. The molecule has 3 heteroatoms. The molecule has 1 N–H and O–H groups in total. The fourth-order valence-corrected chi connectivity index (χ4v) is 3.79. The molecule has 2 rings (SSSR count). The molecule has 0 amide bonds. The molecule has 1 saturated heterocycles. The molecule has 1 saturated carbocycles. The number of nitrogens with zero attached hydrogens (tertiary/aromatic N) is 2. The Morgan fingerprint density at radius 1 is 1.30 bits per heavy atom. The van der Waals surface area contributed by atoms with E-state index in [-0.39, 0.29) is 5.54 Å². The largest absolute Gasteiger partial charge is 0.297 e. The lowest BCUT2D eigenvalue weighted by Gasteiger charge is -2.42. The molecule has 20 heavy (non-hydrogen) atoms. The highest BCUT2D eigenvalue weighted by atomic mass is 15.2. The minimum absolute atomic E-state index is 0.308. The van der Waals surface area contributed by atoms with Crippen molar-refractivity contribution in [2.45, 2.75) is 83.3 Å². The summed E-state index contributed by atoms with van der Waals surface area (Å²) >= 11 is 0. The molecule has 114 valence electrons. The number of nitrogens with one attached hydrogen (secondary N) is 1. The maximum atomic E-state index is 9.84. The summed E-state index contributed by atoms with van der Waals surface area (Å²) in [6.07, 6.45) is 8.96. The van der Waals surface area contributed by atoms with Gasteiger partial charge in [0.15, 0.2) is 0 Å². The highest BCUT2D eigenvalue weighted by Gasteiger charge is 2.47. The SMILES string of the molecule is CCCC1CCCCN1CC(C#N)(NC(C)C)C1CC1. The van der Waals surface area contributed by atoms with Crippen LogP contribution in [0.1, 0.15) is 65.7 Å². The van der Waals surface area contributed by atoms with E-state index in [0.29, 0.717) is 18.0 Å². The van der Waals surface area contributed by atoms with Crippen molar-refractivity contribution in [3.05, 3.63) is 0 Å². The van der Waals surface area contributed by atoms with Crippen LogP contribution in [0, 0.1) is 17.2 Å². The molecule has 0 bridgehead atoms. The highest BCUT2D eigenvalue weighted by molar-refractivity contribution is 5.17. The van der Waals surface area contributed by atoms with Crippen LogP contribution in [0.4, 0.5) is 0 Å². The van der Waals surface area contributed by atoms with E-state index in [0.717, 1.165) is 6.54 Å². The first-order valence-electron chi connectivity index (χ1n) is 8.54. The number of hydrogen-bond acceptors (Lipinski definition) is 3. The Kier molecular flexibility index (Phi) is 5.46. The second-order valence-corrected chi connectivity index (χ2v) is 7.07. The third-order valence-electron chi connectivity index (χ3n) is 4.84. The first-order chi connectivity index (χ1) is 9.61. The number of likely N-dealkylation sites (tertiary alicyclic amines) is 1. The van der Waals surface area contributed by atoms with Gasteiger partial charge in [0.05, 0.1) is 6.07 Å². The predicted octanol–water partition coefficient (Wildman–Crippen LogP) is 3.31. The number of rotatable bonds is 7. The molecule has 2 atom stereocenters. The minimum atomic E-state index is -0.308. The standard InChI is InChI=1S/C17H31N3/c1-4-7-16-8-5-6-11-20(16)13-17(12-18,15-9-10-15)19-14(2)3/h14-16,19H,4-11,13H2,1-3H3. The molecule has 0 aromatic heterocycles. The van der Waals surface area contributed by atoms with Crippen LogP contribution in [-0.2, 0) is 0 Å². The molecule has 0 aromatic carbocycles. The van der Waals surface area contributed by atoms with Crippen molar-refractivity contribution in [1.82, 2.24) is 10.2 Å². The Morgan fingerprint density at radius 2 is 2.05 bits per heavy atom. The smallest absolute Gasteiger partial charge is 0.122 e. The number of piperidine rings is 1. The zero-order valence-electron chi connectivity index (χ0n) is 13.5. The van der Waals surface area contributed by atoms with Crippen molar-refractivity contribution < 1.29 is 0 Å². The van der Waals surface area contributed by atoms with Gasteiger partial charge in [-0.25, -0.2) is 0 Å². The van der Waals surface area contributed by atoms with Crippen molar-refractivity contribution in [1.29, 1.82) is 5.26 Å². The van der Waals surface area contributed by atoms with E-state index in [9.17, 15) is 5.26 Å². The maximum absolute atomic E-state index is 9.84. The zero-order chi connectivity index (χ0) is 14.6. The second-order valence-electron chi connectivity index (χ2n) is 7.07. The summed E-state index contributed by atoms with van der Waals surface area (Å²) in [5.41, 5.74) is -0.308. The van der Waals surface area contributed by atoms with Gasteiger partial charge in [0.2, 0.25) is 0 Å². The Bertz CT molecular complexity index is 341. The van der Waals surface area contributed by atoms with E-state index < -0.39 is 0 Å². The van der Waals surface area contributed by atoms with E-state index in [1.165, 1.54) is 51.5 Å². The normalized spacial score (nSPS) is 27.2. The summed E-state index contributed by atoms with van der Waals surface area (Å²) in [6.45, 7) is 8.71. The van der Waals surface area contributed by atoms with Crippen LogP contribution in [0.15, 0.2) is 0 Å². The Labute approximate surface area is 124 Å². The van der Waals surface area contributed by atoms with Gasteiger partial charge in [-0.1, -0.05) is 19.8 Å². The van der Waals surface area contributed by atoms with Crippen molar-refractivity contribution in [3.63, 3.8) is 0 Å². The van der Waals surface area contributed by atoms with E-state index in [4.69, 9.17) is 0 Å². The summed E-state index contributed by atoms with van der Waals surface area (Å²) in [5, 5.41) is 13.5. The second kappa shape index (κ2) is 6.91. The van der Waals surface area contributed by atoms with Crippen molar-refractivity contribution in [2.75, 3.05) is 13.1 Å². The van der Waals surface area contributed by atoms with Crippen LogP contribution in [-0.4, -0.2) is 35.6 Å². The molecule has 2 aliphatic rings. The summed E-state index contributed by atoms with van der Waals surface area (Å²) in [7, 11) is 0. The third kappa shape index (κ3) is 3.74. The van der Waals surface area contributed by atoms with Crippen molar-refractivity contribution in [3.8, 4) is 6.07 Å². The van der Waals surface area contributed by atoms with Gasteiger partial charge < -0.3 is 0 Å². The van der Waals surface area contributed by atoms with E-state index in [1.807, 2.05) is 0 Å². The van der Waals surface area contributed by atoms with Crippen molar-refractivity contribution >= 4 is 0 Å². The molecule has 0 radical (unpaired) electrons. The molecule has 1 heterocycles. The first kappa shape index (κ1) is 15.8. The van der Waals surface area contributed by atoms with Crippen molar-refractivity contribution in [2.24, 2.45) is 5.92 Å². The molecule has 1 aliphatic carbocycles. The average molecular weight is 277 g/mol. The molecular formula is C17H31N3.